The molecule has 0 aromatic carbocycles. The van der Waals surface area contributed by atoms with Crippen LogP contribution in [0, 0.1) is 0 Å². The molecule has 0 bridgehead atoms. The normalized spacial score (nSPS) is 17.7. The lowest BCUT2D eigenvalue weighted by atomic mass is 10.4. The molecule has 23 heavy (non-hydrogen) atoms. The minimum Gasteiger partial charge on any atom is -0.338 e. The van der Waals surface area contributed by atoms with Crippen molar-refractivity contribution in [3.63, 3.8) is 0 Å². The monoisotopic (exact) mass is 330 g/mol. The molecule has 2 aliphatic rings. The van der Waals surface area contributed by atoms with E-state index in [-0.39, 0.29) is 0 Å². The van der Waals surface area contributed by atoms with Crippen molar-refractivity contribution in [1.82, 2.24) is 40.1 Å². The summed E-state index contributed by atoms with van der Waals surface area (Å²) in [6.07, 6.45) is 6.33. The van der Waals surface area contributed by atoms with Crippen molar-refractivity contribution < 1.29 is 4.52 Å². The summed E-state index contributed by atoms with van der Waals surface area (Å²) >= 11 is 1.59. The standard InChI is InChI=1S/C13H14N8OS/c1-2-7(1)12-18-19-13(21(12)8-3-4-8)23-5-9-16-11(20-22-9)10-14-6-15-17-10/h6-8H,1-5H2,(H,14,15,17). The van der Waals surface area contributed by atoms with E-state index < -0.39 is 0 Å². The van der Waals surface area contributed by atoms with Crippen LogP contribution in [0.25, 0.3) is 11.6 Å². The molecule has 0 saturated heterocycles. The second kappa shape index (κ2) is 5.15. The van der Waals surface area contributed by atoms with Crippen LogP contribution in [-0.2, 0) is 5.75 Å². The summed E-state index contributed by atoms with van der Waals surface area (Å²) in [7, 11) is 0. The van der Waals surface area contributed by atoms with E-state index in [1.165, 1.54) is 32.0 Å². The Kier molecular flexibility index (Phi) is 2.96. The number of H-pyrrole nitrogens is 1. The molecule has 0 spiro atoms. The first-order chi connectivity index (χ1) is 11.4. The van der Waals surface area contributed by atoms with Gasteiger partial charge in [0.1, 0.15) is 12.2 Å². The Morgan fingerprint density at radius 3 is 2.91 bits per heavy atom. The van der Waals surface area contributed by atoms with Gasteiger partial charge in [-0.15, -0.1) is 10.2 Å². The van der Waals surface area contributed by atoms with Gasteiger partial charge in [-0.3, -0.25) is 5.10 Å². The molecule has 9 nitrogen and oxygen atoms in total. The second-order valence-corrected chi connectivity index (χ2v) is 6.79. The van der Waals surface area contributed by atoms with Gasteiger partial charge in [0.2, 0.25) is 11.7 Å². The summed E-state index contributed by atoms with van der Waals surface area (Å²) in [5.74, 6) is 3.79. The number of thioether (sulfide) groups is 1. The van der Waals surface area contributed by atoms with Crippen molar-refractivity contribution >= 4 is 11.8 Å². The van der Waals surface area contributed by atoms with Gasteiger partial charge in [-0.25, -0.2) is 4.98 Å². The summed E-state index contributed by atoms with van der Waals surface area (Å²) in [6.45, 7) is 0. The number of aromatic nitrogens is 8. The van der Waals surface area contributed by atoms with Gasteiger partial charge in [0.05, 0.1) is 5.75 Å². The first-order valence-corrected chi connectivity index (χ1v) is 8.63. The zero-order valence-electron chi connectivity index (χ0n) is 12.2. The van der Waals surface area contributed by atoms with Gasteiger partial charge in [-0.05, 0) is 25.7 Å². The topological polar surface area (TPSA) is 111 Å². The molecule has 0 aliphatic heterocycles. The largest absolute Gasteiger partial charge is 0.338 e. The molecule has 118 valence electrons. The molecule has 2 saturated carbocycles. The molecule has 0 atom stereocenters. The maximum Gasteiger partial charge on any atom is 0.239 e. The third kappa shape index (κ3) is 2.52. The zero-order valence-corrected chi connectivity index (χ0v) is 13.0. The molecule has 0 radical (unpaired) electrons. The third-order valence-corrected chi connectivity index (χ3v) is 4.89. The van der Waals surface area contributed by atoms with Gasteiger partial charge in [-0.1, -0.05) is 16.9 Å². The fourth-order valence-electron chi connectivity index (χ4n) is 2.53. The van der Waals surface area contributed by atoms with Gasteiger partial charge in [-0.2, -0.15) is 10.1 Å². The van der Waals surface area contributed by atoms with E-state index in [1.807, 2.05) is 0 Å². The maximum absolute atomic E-state index is 5.27. The minimum atomic E-state index is 0.417. The smallest absolute Gasteiger partial charge is 0.239 e. The molecule has 10 heteroatoms. The molecule has 3 aromatic rings. The molecule has 3 heterocycles. The number of hydrogen-bond donors (Lipinski definition) is 1. The molecule has 0 amide bonds. The van der Waals surface area contributed by atoms with Crippen LogP contribution in [0.5, 0.6) is 0 Å². The van der Waals surface area contributed by atoms with Crippen LogP contribution in [0.3, 0.4) is 0 Å². The number of hydrogen-bond acceptors (Lipinski definition) is 8. The summed E-state index contributed by atoms with van der Waals surface area (Å²) in [5.41, 5.74) is 0. The van der Waals surface area contributed by atoms with E-state index in [1.54, 1.807) is 11.8 Å². The lowest BCUT2D eigenvalue weighted by molar-refractivity contribution is 0.391. The Labute approximate surface area is 135 Å². The Hall–Kier alpha value is -2.23. The van der Waals surface area contributed by atoms with E-state index in [4.69, 9.17) is 4.52 Å². The Morgan fingerprint density at radius 2 is 2.17 bits per heavy atom. The average molecular weight is 330 g/mol. The van der Waals surface area contributed by atoms with E-state index in [0.29, 0.717) is 35.3 Å². The van der Waals surface area contributed by atoms with Crippen molar-refractivity contribution in [2.24, 2.45) is 0 Å². The average Bonchev–Trinajstić information content (AvgIpc) is 3.43. The molecule has 1 N–H and O–H groups in total. The maximum atomic E-state index is 5.27. The molecule has 3 aromatic heterocycles. The van der Waals surface area contributed by atoms with E-state index in [2.05, 4.69) is 40.1 Å². The lowest BCUT2D eigenvalue weighted by Crippen LogP contribution is -2.02. The third-order valence-electron chi connectivity index (χ3n) is 3.97. The summed E-state index contributed by atoms with van der Waals surface area (Å²) in [6, 6.07) is 0.579. The van der Waals surface area contributed by atoms with Gasteiger partial charge in [0.15, 0.2) is 11.0 Å². The first kappa shape index (κ1) is 13.2. The van der Waals surface area contributed by atoms with Gasteiger partial charge < -0.3 is 9.09 Å². The van der Waals surface area contributed by atoms with Gasteiger partial charge in [0, 0.05) is 12.0 Å². The van der Waals surface area contributed by atoms with Crippen LogP contribution in [-0.4, -0.2) is 40.1 Å². The van der Waals surface area contributed by atoms with Crippen LogP contribution in [0.2, 0.25) is 0 Å². The highest BCUT2D eigenvalue weighted by molar-refractivity contribution is 7.98. The highest BCUT2D eigenvalue weighted by Gasteiger charge is 2.36. The van der Waals surface area contributed by atoms with Crippen LogP contribution < -0.4 is 0 Å². The van der Waals surface area contributed by atoms with Crippen LogP contribution in [0.15, 0.2) is 16.0 Å². The summed E-state index contributed by atoms with van der Waals surface area (Å²) < 4.78 is 7.58. The molecule has 0 unspecified atom stereocenters. The van der Waals surface area contributed by atoms with E-state index in [0.717, 1.165) is 11.0 Å². The Morgan fingerprint density at radius 1 is 1.26 bits per heavy atom. The quantitative estimate of drug-likeness (QED) is 0.683. The number of rotatable bonds is 6. The number of nitrogens with zero attached hydrogens (tertiary/aromatic N) is 7. The van der Waals surface area contributed by atoms with Crippen LogP contribution in [0.4, 0.5) is 0 Å². The van der Waals surface area contributed by atoms with Gasteiger partial charge in [0.25, 0.3) is 0 Å². The predicted octanol–water partition coefficient (Wildman–Crippen LogP) is 1.95. The molecule has 5 rings (SSSR count). The van der Waals surface area contributed by atoms with E-state index >= 15 is 0 Å². The van der Waals surface area contributed by atoms with Crippen LogP contribution in [0.1, 0.15) is 49.4 Å². The SMILES string of the molecule is c1n[nH]c(-c2noc(CSc3nnc(C4CC4)n3C3CC3)n2)n1. The first-order valence-electron chi connectivity index (χ1n) is 7.64. The van der Waals surface area contributed by atoms with Gasteiger partial charge >= 0.3 is 0 Å². The fourth-order valence-corrected chi connectivity index (χ4v) is 3.38. The summed E-state index contributed by atoms with van der Waals surface area (Å²) in [4.78, 5) is 8.33. The van der Waals surface area contributed by atoms with E-state index in [9.17, 15) is 0 Å². The van der Waals surface area contributed by atoms with Crippen LogP contribution >= 0.6 is 11.8 Å². The second-order valence-electron chi connectivity index (χ2n) is 5.85. The fraction of sp³-hybridized carbons (Fsp3) is 0.538. The highest BCUT2D eigenvalue weighted by Crippen LogP contribution is 2.46. The molecular weight excluding hydrogens is 316 g/mol. The Balaban J connectivity index is 1.33. The predicted molar refractivity (Wildman–Crippen MR) is 79.5 cm³/mol. The highest BCUT2D eigenvalue weighted by atomic mass is 32.2. The number of aromatic amines is 1. The lowest BCUT2D eigenvalue weighted by Gasteiger charge is -2.06. The number of nitrogens with one attached hydrogen (secondary N) is 1. The van der Waals surface area contributed by atoms with Crippen molar-refractivity contribution in [2.75, 3.05) is 0 Å². The van der Waals surface area contributed by atoms with Crippen molar-refractivity contribution in [3.05, 3.63) is 18.0 Å². The minimum absolute atomic E-state index is 0.417. The molecule has 2 fully saturated rings. The molecule has 2 aliphatic carbocycles. The zero-order chi connectivity index (χ0) is 15.2. The van der Waals surface area contributed by atoms with Crippen molar-refractivity contribution in [2.45, 2.75) is 48.6 Å². The van der Waals surface area contributed by atoms with Crippen molar-refractivity contribution in [3.8, 4) is 11.6 Å². The van der Waals surface area contributed by atoms with Crippen molar-refractivity contribution in [1.29, 1.82) is 0 Å². The summed E-state index contributed by atoms with van der Waals surface area (Å²) in [5, 5.41) is 20.1. The molecular formula is C13H14N8OS. The Bertz CT molecular complexity index is 817.